The second kappa shape index (κ2) is 11.1. The molecule has 0 fully saturated rings. The van der Waals surface area contributed by atoms with E-state index in [-0.39, 0.29) is 29.7 Å². The van der Waals surface area contributed by atoms with E-state index in [0.29, 0.717) is 22.8 Å². The maximum atomic E-state index is 13.2. The zero-order valence-corrected chi connectivity index (χ0v) is 19.8. The first-order valence-electron chi connectivity index (χ1n) is 10.8. The summed E-state index contributed by atoms with van der Waals surface area (Å²) in [6.07, 6.45) is 3.23. The Balaban J connectivity index is 1.64. The van der Waals surface area contributed by atoms with Crippen molar-refractivity contribution in [1.29, 1.82) is 0 Å². The van der Waals surface area contributed by atoms with Gasteiger partial charge in [-0.1, -0.05) is 49.7 Å². The molecule has 1 aromatic heterocycles. The van der Waals surface area contributed by atoms with E-state index in [4.69, 9.17) is 17.3 Å². The van der Waals surface area contributed by atoms with Crippen LogP contribution in [0.2, 0.25) is 5.02 Å². The number of rotatable bonds is 8. The Kier molecular flexibility index (Phi) is 8.20. The van der Waals surface area contributed by atoms with Gasteiger partial charge in [-0.25, -0.2) is 0 Å². The number of nitrogens with two attached hydrogens (primary N) is 1. The average molecular weight is 465 g/mol. The number of hydrogen-bond donors (Lipinski definition) is 2. The topological polar surface area (TPSA) is 88.3 Å². The van der Waals surface area contributed by atoms with E-state index < -0.39 is 0 Å². The van der Waals surface area contributed by atoms with Crippen molar-refractivity contribution in [3.8, 4) is 0 Å². The molecule has 2 unspecified atom stereocenters. The number of carbonyl (C=O) groups is 2. The van der Waals surface area contributed by atoms with Crippen LogP contribution in [0.25, 0.3) is 0 Å². The summed E-state index contributed by atoms with van der Waals surface area (Å²) in [6, 6.07) is 17.6. The van der Waals surface area contributed by atoms with Crippen LogP contribution < -0.4 is 11.1 Å². The molecule has 2 amide bonds. The minimum Gasteiger partial charge on any atom is -0.343 e. The molecule has 0 saturated carbocycles. The molecule has 0 spiro atoms. The van der Waals surface area contributed by atoms with Crippen LogP contribution >= 0.6 is 11.6 Å². The summed E-state index contributed by atoms with van der Waals surface area (Å²) in [5, 5.41) is 3.47. The maximum absolute atomic E-state index is 13.2. The molecule has 1 heterocycles. The Morgan fingerprint density at radius 2 is 1.55 bits per heavy atom. The van der Waals surface area contributed by atoms with Crippen LogP contribution in [0, 0.1) is 5.92 Å². The van der Waals surface area contributed by atoms with Gasteiger partial charge in [0.05, 0.1) is 5.92 Å². The monoisotopic (exact) mass is 464 g/mol. The third kappa shape index (κ3) is 6.40. The summed E-state index contributed by atoms with van der Waals surface area (Å²) in [7, 11) is 1.77. The van der Waals surface area contributed by atoms with Gasteiger partial charge < -0.3 is 16.0 Å². The van der Waals surface area contributed by atoms with Gasteiger partial charge in [-0.3, -0.25) is 14.6 Å². The molecule has 0 aliphatic carbocycles. The molecule has 33 heavy (non-hydrogen) atoms. The molecule has 0 saturated heterocycles. The number of likely N-dealkylation sites (N-methyl/N-ethyl adjacent to an activating group) is 1. The molecule has 3 aromatic rings. The lowest BCUT2D eigenvalue weighted by Crippen LogP contribution is -2.38. The molecule has 0 aliphatic heterocycles. The van der Waals surface area contributed by atoms with Crippen molar-refractivity contribution in [1.82, 2.24) is 9.88 Å². The number of carbonyl (C=O) groups excluding carboxylic acids is 2. The molecular formula is C26H29ClN4O2. The maximum Gasteiger partial charge on any atom is 0.255 e. The van der Waals surface area contributed by atoms with Crippen LogP contribution in [-0.4, -0.2) is 35.3 Å². The quantitative estimate of drug-likeness (QED) is 0.497. The minimum atomic E-state index is -0.380. The predicted molar refractivity (Wildman–Crippen MR) is 132 cm³/mol. The van der Waals surface area contributed by atoms with Crippen LogP contribution in [0.15, 0.2) is 73.1 Å². The molecule has 0 aliphatic rings. The zero-order valence-electron chi connectivity index (χ0n) is 19.0. The van der Waals surface area contributed by atoms with Gasteiger partial charge in [0.1, 0.15) is 0 Å². The fourth-order valence-corrected chi connectivity index (χ4v) is 3.86. The predicted octanol–water partition coefficient (Wildman–Crippen LogP) is 4.89. The molecule has 2 aromatic carbocycles. The standard InChI is InChI=1S/C26H29ClN4O2/c1-17(2)24(19-8-10-21(27)11-9-19)26(33)31(3)16-23(28)18-4-6-20(7-5-18)25(32)30-22-12-14-29-15-13-22/h4-15,17,23-24H,16,28H2,1-3H3,(H,29,30,32). The summed E-state index contributed by atoms with van der Waals surface area (Å²) in [6.45, 7) is 4.42. The number of amides is 2. The van der Waals surface area contributed by atoms with Crippen molar-refractivity contribution >= 4 is 29.1 Å². The first kappa shape index (κ1) is 24.4. The SMILES string of the molecule is CC(C)C(C(=O)N(C)CC(N)c1ccc(C(=O)Nc2ccncc2)cc1)c1ccc(Cl)cc1. The highest BCUT2D eigenvalue weighted by Crippen LogP contribution is 2.28. The fourth-order valence-electron chi connectivity index (χ4n) is 3.73. The van der Waals surface area contributed by atoms with E-state index >= 15 is 0 Å². The number of nitrogens with one attached hydrogen (secondary N) is 1. The van der Waals surface area contributed by atoms with E-state index in [1.165, 1.54) is 0 Å². The number of pyridine rings is 1. The van der Waals surface area contributed by atoms with E-state index in [1.807, 2.05) is 38.1 Å². The third-order valence-electron chi connectivity index (χ3n) is 5.55. The minimum absolute atomic E-state index is 0.0103. The lowest BCUT2D eigenvalue weighted by Gasteiger charge is -2.28. The number of benzene rings is 2. The molecular weight excluding hydrogens is 436 g/mol. The number of nitrogens with zero attached hydrogens (tertiary/aromatic N) is 2. The first-order valence-corrected chi connectivity index (χ1v) is 11.2. The van der Waals surface area contributed by atoms with Crippen molar-refractivity contribution in [2.75, 3.05) is 18.9 Å². The highest BCUT2D eigenvalue weighted by Gasteiger charge is 2.28. The van der Waals surface area contributed by atoms with Gasteiger partial charge in [0.15, 0.2) is 0 Å². The average Bonchev–Trinajstić information content (AvgIpc) is 2.81. The van der Waals surface area contributed by atoms with E-state index in [1.54, 1.807) is 60.7 Å². The molecule has 172 valence electrons. The normalized spacial score (nSPS) is 12.8. The van der Waals surface area contributed by atoms with Crippen molar-refractivity contribution in [2.45, 2.75) is 25.8 Å². The molecule has 3 N–H and O–H groups in total. The Morgan fingerprint density at radius 1 is 0.970 bits per heavy atom. The zero-order chi connectivity index (χ0) is 24.0. The Morgan fingerprint density at radius 3 is 2.12 bits per heavy atom. The van der Waals surface area contributed by atoms with Gasteiger partial charge in [0, 0.05) is 48.3 Å². The third-order valence-corrected chi connectivity index (χ3v) is 5.80. The molecule has 0 bridgehead atoms. The summed E-state index contributed by atoms with van der Waals surface area (Å²) < 4.78 is 0. The first-order chi connectivity index (χ1) is 15.8. The molecule has 0 radical (unpaired) electrons. The Labute approximate surface area is 199 Å². The summed E-state index contributed by atoms with van der Waals surface area (Å²) in [4.78, 5) is 31.3. The molecule has 3 rings (SSSR count). The van der Waals surface area contributed by atoms with Gasteiger partial charge in [-0.15, -0.1) is 0 Å². The van der Waals surface area contributed by atoms with E-state index in [9.17, 15) is 9.59 Å². The van der Waals surface area contributed by atoms with Crippen LogP contribution in [0.3, 0.4) is 0 Å². The molecule has 2 atom stereocenters. The number of anilines is 1. The van der Waals surface area contributed by atoms with Crippen molar-refractivity contribution in [3.63, 3.8) is 0 Å². The van der Waals surface area contributed by atoms with Gasteiger partial charge in [0.25, 0.3) is 5.91 Å². The number of halogens is 1. The summed E-state index contributed by atoms with van der Waals surface area (Å²) in [5.74, 6) is -0.359. The molecule has 6 nitrogen and oxygen atoms in total. The Bertz CT molecular complexity index is 1070. The highest BCUT2D eigenvalue weighted by atomic mass is 35.5. The second-order valence-corrected chi connectivity index (χ2v) is 8.85. The van der Waals surface area contributed by atoms with E-state index in [2.05, 4.69) is 10.3 Å². The summed E-state index contributed by atoms with van der Waals surface area (Å²) >= 11 is 6.01. The lowest BCUT2D eigenvalue weighted by molar-refractivity contribution is -0.132. The van der Waals surface area contributed by atoms with Crippen LogP contribution in [0.1, 0.15) is 47.3 Å². The molecule has 7 heteroatoms. The van der Waals surface area contributed by atoms with Crippen molar-refractivity contribution < 1.29 is 9.59 Å². The smallest absolute Gasteiger partial charge is 0.255 e. The van der Waals surface area contributed by atoms with Gasteiger partial charge in [-0.2, -0.15) is 0 Å². The van der Waals surface area contributed by atoms with Crippen molar-refractivity contribution in [3.05, 3.63) is 94.8 Å². The summed E-state index contributed by atoms with van der Waals surface area (Å²) in [5.41, 5.74) is 9.38. The largest absolute Gasteiger partial charge is 0.343 e. The van der Waals surface area contributed by atoms with Gasteiger partial charge in [0.2, 0.25) is 5.91 Å². The number of aromatic nitrogens is 1. The lowest BCUT2D eigenvalue weighted by atomic mass is 9.87. The highest BCUT2D eigenvalue weighted by molar-refractivity contribution is 6.30. The van der Waals surface area contributed by atoms with Crippen LogP contribution in [0.4, 0.5) is 5.69 Å². The van der Waals surface area contributed by atoms with E-state index in [0.717, 1.165) is 11.1 Å². The number of hydrogen-bond acceptors (Lipinski definition) is 4. The van der Waals surface area contributed by atoms with Crippen molar-refractivity contribution in [2.24, 2.45) is 11.7 Å². The van der Waals surface area contributed by atoms with Gasteiger partial charge in [-0.05, 0) is 53.4 Å². The van der Waals surface area contributed by atoms with Crippen LogP contribution in [-0.2, 0) is 4.79 Å². The second-order valence-electron chi connectivity index (χ2n) is 8.41. The van der Waals surface area contributed by atoms with Crippen LogP contribution in [0.5, 0.6) is 0 Å². The Hall–Kier alpha value is -3.22. The van der Waals surface area contributed by atoms with Gasteiger partial charge >= 0.3 is 0 Å². The fraction of sp³-hybridized carbons (Fsp3) is 0.269.